The van der Waals surface area contributed by atoms with E-state index in [9.17, 15) is 11.0 Å². The third-order valence-electron chi connectivity index (χ3n) is 6.94. The Morgan fingerprint density at radius 2 is 1.83 bits per heavy atom. The summed E-state index contributed by atoms with van der Waals surface area (Å²) in [6.07, 6.45) is 4.12. The van der Waals surface area contributed by atoms with Gasteiger partial charge >= 0.3 is 0 Å². The average molecular weight is 571 g/mol. The summed E-state index contributed by atoms with van der Waals surface area (Å²) < 4.78 is 23.6. The number of hydrogen-bond donors (Lipinski definition) is 4. The molecule has 0 amide bonds. The molecule has 1 aliphatic rings. The minimum Gasteiger partial charge on any atom is -0.377 e. The molecule has 0 saturated carbocycles. The number of pyridine rings is 1. The second-order valence-corrected chi connectivity index (χ2v) is 11.3. The van der Waals surface area contributed by atoms with Crippen LogP contribution in [0.2, 0.25) is 5.02 Å². The van der Waals surface area contributed by atoms with Gasteiger partial charge in [0, 0.05) is 29.0 Å². The number of nitrogens with one attached hydrogen (secondary N) is 4. The lowest BCUT2D eigenvalue weighted by Gasteiger charge is -2.30. The smallest absolute Gasteiger partial charge is 0.123 e. The summed E-state index contributed by atoms with van der Waals surface area (Å²) in [6, 6.07) is 20.0. The zero-order valence-corrected chi connectivity index (χ0v) is 24.1. The monoisotopic (exact) mass is 570 g/mol. The second kappa shape index (κ2) is 11.7. The van der Waals surface area contributed by atoms with E-state index in [0.717, 1.165) is 12.0 Å². The van der Waals surface area contributed by atoms with Crippen molar-refractivity contribution in [3.63, 3.8) is 0 Å². The molecule has 0 unspecified atom stereocenters. The minimum absolute atomic E-state index is 0.0592. The van der Waals surface area contributed by atoms with Crippen LogP contribution in [0.4, 0.5) is 15.8 Å². The summed E-state index contributed by atoms with van der Waals surface area (Å²) in [7, 11) is 0. The molecule has 2 atom stereocenters. The molecule has 0 aliphatic carbocycles. The quantitative estimate of drug-likeness (QED) is 0.174. The summed E-state index contributed by atoms with van der Waals surface area (Å²) in [5, 5.41) is 19.8. The van der Waals surface area contributed by atoms with Gasteiger partial charge in [-0.1, -0.05) is 61.0 Å². The lowest BCUT2D eigenvalue weighted by molar-refractivity contribution is 0.138. The maximum absolute atomic E-state index is 13.9. The molecule has 41 heavy (non-hydrogen) atoms. The number of hydrogen-bond acceptors (Lipinski definition) is 7. The van der Waals surface area contributed by atoms with E-state index in [0.29, 0.717) is 44.1 Å². The van der Waals surface area contributed by atoms with Crippen molar-refractivity contribution in [1.29, 1.82) is 5.26 Å². The number of nitrogens with zero attached hydrogens (tertiary/aromatic N) is 3. The molecular weight excluding hydrogens is 537 g/mol. The van der Waals surface area contributed by atoms with Crippen molar-refractivity contribution in [1.82, 2.24) is 21.0 Å². The standard InChI is InChI=1S/C32H33ClFN7/c1-5-27(20-9-7-6-8-10-20)38-29-22(17-35)18-36-31-25(29)15-24(16-26(31)33)37-30(21-11-13-23(34)14-12-21)28-19-41(40-39-28)32(2,3)4/h6-16,18-19,27,30,37,39-40H,5H2,1-4H3,(H,36,38)/t27-,30-/m1/s1/i30D. The fourth-order valence-corrected chi connectivity index (χ4v) is 4.98. The van der Waals surface area contributed by atoms with Crippen molar-refractivity contribution >= 4 is 33.9 Å². The molecule has 2 heterocycles. The fourth-order valence-electron chi connectivity index (χ4n) is 4.71. The molecule has 1 aliphatic heterocycles. The van der Waals surface area contributed by atoms with Crippen LogP contribution < -0.4 is 21.6 Å². The van der Waals surface area contributed by atoms with Crippen molar-refractivity contribution in [2.24, 2.45) is 0 Å². The Morgan fingerprint density at radius 3 is 2.46 bits per heavy atom. The molecule has 9 heteroatoms. The summed E-state index contributed by atoms with van der Waals surface area (Å²) in [4.78, 5) is 4.49. The van der Waals surface area contributed by atoms with Crippen molar-refractivity contribution in [3.8, 4) is 6.07 Å². The molecule has 0 saturated heterocycles. The Kier molecular flexibility index (Phi) is 7.64. The fraction of sp³-hybridized carbons (Fsp3) is 0.250. The first-order valence-corrected chi connectivity index (χ1v) is 13.8. The van der Waals surface area contributed by atoms with Crippen LogP contribution >= 0.6 is 11.6 Å². The number of rotatable bonds is 8. The van der Waals surface area contributed by atoms with E-state index in [4.69, 9.17) is 11.6 Å². The van der Waals surface area contributed by atoms with Gasteiger partial charge in [0.25, 0.3) is 0 Å². The summed E-state index contributed by atoms with van der Waals surface area (Å²) >= 11 is 6.78. The van der Waals surface area contributed by atoms with Crippen LogP contribution in [0.15, 0.2) is 84.8 Å². The predicted octanol–water partition coefficient (Wildman–Crippen LogP) is 7.58. The van der Waals surface area contributed by atoms with E-state index in [-0.39, 0.29) is 11.6 Å². The maximum Gasteiger partial charge on any atom is 0.123 e. The normalized spacial score (nSPS) is 15.8. The first-order chi connectivity index (χ1) is 20.0. The van der Waals surface area contributed by atoms with Crippen molar-refractivity contribution < 1.29 is 5.76 Å². The van der Waals surface area contributed by atoms with Crippen LogP contribution in [-0.4, -0.2) is 15.5 Å². The number of benzene rings is 3. The predicted molar refractivity (Wildman–Crippen MR) is 163 cm³/mol. The summed E-state index contributed by atoms with van der Waals surface area (Å²) in [5.74, 6) is -0.396. The third kappa shape index (κ3) is 6.07. The van der Waals surface area contributed by atoms with Gasteiger partial charge in [-0.3, -0.25) is 9.99 Å². The molecule has 4 aromatic rings. The highest BCUT2D eigenvalue weighted by Gasteiger charge is 2.28. The number of halogens is 2. The molecule has 5 rings (SSSR count). The van der Waals surface area contributed by atoms with Crippen LogP contribution in [0.1, 0.15) is 64.2 Å². The molecule has 210 valence electrons. The Labute approximate surface area is 246 Å². The maximum atomic E-state index is 13.9. The van der Waals surface area contributed by atoms with E-state index < -0.39 is 11.8 Å². The van der Waals surface area contributed by atoms with Crippen LogP contribution in [0.3, 0.4) is 0 Å². The summed E-state index contributed by atoms with van der Waals surface area (Å²) in [6.45, 7) is 8.19. The van der Waals surface area contributed by atoms with E-state index in [1.54, 1.807) is 18.2 Å². The van der Waals surface area contributed by atoms with E-state index >= 15 is 0 Å². The molecule has 0 spiro atoms. The molecule has 0 fully saturated rings. The molecule has 0 bridgehead atoms. The van der Waals surface area contributed by atoms with Crippen LogP contribution in [0.25, 0.3) is 10.9 Å². The van der Waals surface area contributed by atoms with Crippen molar-refractivity contribution in [2.45, 2.75) is 51.7 Å². The number of hydrazine groups is 2. The van der Waals surface area contributed by atoms with Gasteiger partial charge in [-0.25, -0.2) is 4.39 Å². The molecule has 1 aromatic heterocycles. The van der Waals surface area contributed by atoms with Gasteiger partial charge in [-0.2, -0.15) is 5.26 Å². The van der Waals surface area contributed by atoms with Gasteiger partial charge in [-0.15, -0.1) is 5.53 Å². The lowest BCUT2D eigenvalue weighted by atomic mass is 10.0. The number of fused-ring (bicyclic) bond motifs is 1. The third-order valence-corrected chi connectivity index (χ3v) is 7.23. The van der Waals surface area contributed by atoms with Crippen LogP contribution in [-0.2, 0) is 0 Å². The average Bonchev–Trinajstić information content (AvgIpc) is 3.49. The minimum atomic E-state index is -1.57. The van der Waals surface area contributed by atoms with Gasteiger partial charge in [-0.05, 0) is 62.6 Å². The van der Waals surface area contributed by atoms with Gasteiger partial charge < -0.3 is 16.1 Å². The van der Waals surface area contributed by atoms with E-state index in [2.05, 4.69) is 39.6 Å². The SMILES string of the molecule is [2H][C@](Nc1cc(Cl)c2ncc(C#N)c(N[C@H](CC)c3ccccc3)c2c1)(C1=CN(C(C)(C)C)NN1)c1ccc(F)cc1. The molecule has 4 N–H and O–H groups in total. The van der Waals surface area contributed by atoms with Crippen molar-refractivity contribution in [2.75, 3.05) is 10.6 Å². The van der Waals surface area contributed by atoms with Gasteiger partial charge in [0.05, 0.1) is 40.9 Å². The van der Waals surface area contributed by atoms with Gasteiger partial charge in [0.15, 0.2) is 0 Å². The first kappa shape index (κ1) is 26.9. The number of nitriles is 1. The first-order valence-electron chi connectivity index (χ1n) is 13.9. The Hall–Kier alpha value is -4.32. The van der Waals surface area contributed by atoms with Crippen LogP contribution in [0, 0.1) is 17.1 Å². The molecule has 3 aromatic carbocycles. The zero-order chi connectivity index (χ0) is 30.1. The number of aromatic nitrogens is 1. The highest BCUT2D eigenvalue weighted by Crippen LogP contribution is 2.37. The highest BCUT2D eigenvalue weighted by atomic mass is 35.5. The zero-order valence-electron chi connectivity index (χ0n) is 24.4. The highest BCUT2D eigenvalue weighted by molar-refractivity contribution is 6.35. The van der Waals surface area contributed by atoms with Crippen LogP contribution in [0.5, 0.6) is 0 Å². The van der Waals surface area contributed by atoms with E-state index in [1.807, 2.05) is 68.4 Å². The van der Waals surface area contributed by atoms with Gasteiger partial charge in [0.2, 0.25) is 0 Å². The molecule has 0 radical (unpaired) electrons. The Morgan fingerprint density at radius 1 is 1.10 bits per heavy atom. The molecular formula is C32H33ClFN7. The van der Waals surface area contributed by atoms with Gasteiger partial charge in [0.1, 0.15) is 11.9 Å². The largest absolute Gasteiger partial charge is 0.377 e. The summed E-state index contributed by atoms with van der Waals surface area (Å²) in [5.41, 5.74) is 10.1. The molecule has 7 nitrogen and oxygen atoms in total. The second-order valence-electron chi connectivity index (χ2n) is 10.9. The number of anilines is 2. The lowest BCUT2D eigenvalue weighted by Crippen LogP contribution is -2.47. The Bertz CT molecular complexity index is 1670. The van der Waals surface area contributed by atoms with E-state index in [1.165, 1.54) is 18.3 Å². The van der Waals surface area contributed by atoms with Crippen molar-refractivity contribution in [3.05, 3.63) is 112 Å². The Balaban J connectivity index is 1.62. The topological polar surface area (TPSA) is 88.0 Å².